The number of sulfone groups is 1. The normalized spacial score (nSPS) is 13.7. The third-order valence-corrected chi connectivity index (χ3v) is 5.42. The number of hydrogen-bond acceptors (Lipinski definition) is 4. The Morgan fingerprint density at radius 3 is 2.72 bits per heavy atom. The van der Waals surface area contributed by atoms with Crippen molar-refractivity contribution in [1.82, 2.24) is 5.32 Å². The zero-order valence-electron chi connectivity index (χ0n) is 10.8. The summed E-state index contributed by atoms with van der Waals surface area (Å²) in [5.41, 5.74) is 0. The Kier molecular flexibility index (Phi) is 6.84. The van der Waals surface area contributed by atoms with Crippen molar-refractivity contribution < 1.29 is 8.42 Å². The van der Waals surface area contributed by atoms with Gasteiger partial charge in [0.25, 0.3) is 0 Å². The zero-order valence-corrected chi connectivity index (χ0v) is 14.0. The van der Waals surface area contributed by atoms with Crippen molar-refractivity contribution >= 4 is 37.1 Å². The van der Waals surface area contributed by atoms with E-state index in [9.17, 15) is 8.42 Å². The molecule has 6 heteroatoms. The van der Waals surface area contributed by atoms with E-state index >= 15 is 0 Å². The Hall–Kier alpha value is 0.0900. The first-order valence-corrected chi connectivity index (χ1v) is 9.80. The topological polar surface area (TPSA) is 46.2 Å². The van der Waals surface area contributed by atoms with Crippen molar-refractivity contribution in [1.29, 1.82) is 0 Å². The average molecular weight is 354 g/mol. The maximum Gasteiger partial charge on any atom is 0.147 e. The van der Waals surface area contributed by atoms with Crippen LogP contribution in [-0.4, -0.2) is 27.0 Å². The summed E-state index contributed by atoms with van der Waals surface area (Å²) in [6, 6.07) is 2.38. The van der Waals surface area contributed by atoms with Crippen molar-refractivity contribution in [3.05, 3.63) is 20.8 Å². The molecule has 0 bridgehead atoms. The molecule has 3 nitrogen and oxygen atoms in total. The standard InChI is InChI=1S/C12H20BrNO2S2/c1-3-6-14-11(5-4-7-18(2,15)16)12-8-10(13)9-17-12/h8-9,11,14H,3-7H2,1-2H3. The molecule has 18 heavy (non-hydrogen) atoms. The number of hydrogen-bond donors (Lipinski definition) is 1. The second kappa shape index (κ2) is 7.62. The molecule has 0 saturated heterocycles. The Morgan fingerprint density at radius 1 is 1.50 bits per heavy atom. The molecular formula is C12H20BrNO2S2. The van der Waals surface area contributed by atoms with Gasteiger partial charge in [-0.3, -0.25) is 0 Å². The summed E-state index contributed by atoms with van der Waals surface area (Å²) < 4.78 is 23.4. The van der Waals surface area contributed by atoms with Crippen LogP contribution in [0.1, 0.15) is 37.1 Å². The van der Waals surface area contributed by atoms with E-state index in [4.69, 9.17) is 0 Å². The van der Waals surface area contributed by atoms with Crippen LogP contribution in [0.3, 0.4) is 0 Å². The SMILES string of the molecule is CCCNC(CCCS(C)(=O)=O)c1cc(Br)cs1. The first kappa shape index (κ1) is 16.1. The summed E-state index contributed by atoms with van der Waals surface area (Å²) >= 11 is 5.16. The van der Waals surface area contributed by atoms with Gasteiger partial charge in [0.15, 0.2) is 0 Å². The number of rotatable bonds is 8. The van der Waals surface area contributed by atoms with Crippen molar-refractivity contribution in [2.75, 3.05) is 18.6 Å². The van der Waals surface area contributed by atoms with E-state index in [1.807, 2.05) is 0 Å². The minimum Gasteiger partial charge on any atom is -0.309 e. The first-order valence-electron chi connectivity index (χ1n) is 6.07. The van der Waals surface area contributed by atoms with Crippen LogP contribution in [0.15, 0.2) is 15.9 Å². The van der Waals surface area contributed by atoms with Crippen LogP contribution in [0.25, 0.3) is 0 Å². The van der Waals surface area contributed by atoms with Crippen LogP contribution in [0, 0.1) is 0 Å². The summed E-state index contributed by atoms with van der Waals surface area (Å²) in [6.45, 7) is 3.09. The molecule has 1 heterocycles. The Morgan fingerprint density at radius 2 is 2.22 bits per heavy atom. The fourth-order valence-electron chi connectivity index (χ4n) is 1.72. The lowest BCUT2D eigenvalue weighted by molar-refractivity contribution is 0.499. The van der Waals surface area contributed by atoms with Crippen LogP contribution in [-0.2, 0) is 9.84 Å². The lowest BCUT2D eigenvalue weighted by Gasteiger charge is -2.16. The van der Waals surface area contributed by atoms with Gasteiger partial charge in [0, 0.05) is 32.8 Å². The highest BCUT2D eigenvalue weighted by Gasteiger charge is 2.14. The minimum atomic E-state index is -2.85. The lowest BCUT2D eigenvalue weighted by Crippen LogP contribution is -2.22. The lowest BCUT2D eigenvalue weighted by atomic mass is 10.1. The molecule has 104 valence electrons. The van der Waals surface area contributed by atoms with Gasteiger partial charge in [-0.15, -0.1) is 11.3 Å². The van der Waals surface area contributed by atoms with E-state index in [-0.39, 0.29) is 11.8 Å². The molecule has 0 aliphatic carbocycles. The van der Waals surface area contributed by atoms with Crippen LogP contribution < -0.4 is 5.32 Å². The van der Waals surface area contributed by atoms with Crippen LogP contribution >= 0.6 is 27.3 Å². The molecule has 1 aromatic heterocycles. The average Bonchev–Trinajstić information content (AvgIpc) is 2.68. The van der Waals surface area contributed by atoms with E-state index in [2.05, 4.69) is 39.6 Å². The predicted octanol–water partition coefficient (Wildman–Crippen LogP) is 3.38. The largest absolute Gasteiger partial charge is 0.309 e. The Bertz CT molecular complexity index is 456. The van der Waals surface area contributed by atoms with Gasteiger partial charge in [-0.2, -0.15) is 0 Å². The van der Waals surface area contributed by atoms with Crippen molar-refractivity contribution in [2.45, 2.75) is 32.2 Å². The van der Waals surface area contributed by atoms with E-state index < -0.39 is 9.84 Å². The van der Waals surface area contributed by atoms with Crippen LogP contribution in [0.4, 0.5) is 0 Å². The third-order valence-electron chi connectivity index (χ3n) is 2.58. The Balaban J connectivity index is 2.56. The number of nitrogens with one attached hydrogen (secondary N) is 1. The molecule has 1 atom stereocenters. The minimum absolute atomic E-state index is 0.267. The van der Waals surface area contributed by atoms with Gasteiger partial charge in [-0.05, 0) is 47.8 Å². The number of halogens is 1. The highest BCUT2D eigenvalue weighted by molar-refractivity contribution is 9.10. The highest BCUT2D eigenvalue weighted by Crippen LogP contribution is 2.28. The smallest absolute Gasteiger partial charge is 0.147 e. The summed E-state index contributed by atoms with van der Waals surface area (Å²) in [6.07, 6.45) is 3.94. The van der Waals surface area contributed by atoms with E-state index in [1.165, 1.54) is 11.1 Å². The molecular weight excluding hydrogens is 334 g/mol. The van der Waals surface area contributed by atoms with E-state index in [0.29, 0.717) is 6.42 Å². The summed E-state index contributed by atoms with van der Waals surface area (Å²) in [7, 11) is -2.85. The van der Waals surface area contributed by atoms with Gasteiger partial charge >= 0.3 is 0 Å². The van der Waals surface area contributed by atoms with Gasteiger partial charge in [0.05, 0.1) is 0 Å². The van der Waals surface area contributed by atoms with Gasteiger partial charge in [-0.1, -0.05) is 6.92 Å². The molecule has 0 aromatic carbocycles. The molecule has 1 aromatic rings. The van der Waals surface area contributed by atoms with E-state index in [0.717, 1.165) is 23.9 Å². The molecule has 1 unspecified atom stereocenters. The number of thiophene rings is 1. The summed E-state index contributed by atoms with van der Waals surface area (Å²) in [5.74, 6) is 0.268. The molecule has 0 saturated carbocycles. The van der Waals surface area contributed by atoms with Gasteiger partial charge in [0.1, 0.15) is 9.84 Å². The fraction of sp³-hybridized carbons (Fsp3) is 0.667. The highest BCUT2D eigenvalue weighted by atomic mass is 79.9. The molecule has 0 spiro atoms. The zero-order chi connectivity index (χ0) is 13.6. The molecule has 0 aliphatic heterocycles. The van der Waals surface area contributed by atoms with Gasteiger partial charge in [0.2, 0.25) is 0 Å². The first-order chi connectivity index (χ1) is 8.42. The van der Waals surface area contributed by atoms with Gasteiger partial charge in [-0.25, -0.2) is 8.42 Å². The van der Waals surface area contributed by atoms with Crippen molar-refractivity contribution in [3.8, 4) is 0 Å². The predicted molar refractivity (Wildman–Crippen MR) is 82.0 cm³/mol. The molecule has 1 rings (SSSR count). The van der Waals surface area contributed by atoms with Crippen molar-refractivity contribution in [3.63, 3.8) is 0 Å². The van der Waals surface area contributed by atoms with Crippen LogP contribution in [0.2, 0.25) is 0 Å². The maximum absolute atomic E-state index is 11.1. The van der Waals surface area contributed by atoms with Crippen LogP contribution in [0.5, 0.6) is 0 Å². The molecule has 1 N–H and O–H groups in total. The van der Waals surface area contributed by atoms with Gasteiger partial charge < -0.3 is 5.32 Å². The molecule has 0 amide bonds. The molecule has 0 aliphatic rings. The monoisotopic (exact) mass is 353 g/mol. The van der Waals surface area contributed by atoms with Crippen molar-refractivity contribution in [2.24, 2.45) is 0 Å². The second-order valence-electron chi connectivity index (χ2n) is 4.45. The fourth-order valence-corrected chi connectivity index (χ4v) is 3.97. The second-order valence-corrected chi connectivity index (χ2v) is 8.56. The van der Waals surface area contributed by atoms with E-state index in [1.54, 1.807) is 11.3 Å². The Labute approximate surface area is 122 Å². The third kappa shape index (κ3) is 6.31. The molecule has 0 radical (unpaired) electrons. The summed E-state index contributed by atoms with van der Waals surface area (Å²) in [5, 5.41) is 5.54. The quantitative estimate of drug-likeness (QED) is 0.779. The molecule has 0 fully saturated rings. The maximum atomic E-state index is 11.1. The summed E-state index contributed by atoms with van der Waals surface area (Å²) in [4.78, 5) is 1.27.